The van der Waals surface area contributed by atoms with Gasteiger partial charge in [0.2, 0.25) is 0 Å². The molecule has 84 valence electrons. The molecule has 1 aromatic carbocycles. The highest BCUT2D eigenvalue weighted by molar-refractivity contribution is 6.30. The second-order valence-corrected chi connectivity index (χ2v) is 4.21. The normalized spacial score (nSPS) is 10.8. The van der Waals surface area contributed by atoms with Crippen molar-refractivity contribution in [2.24, 2.45) is 0 Å². The Morgan fingerprint density at radius 1 is 1.38 bits per heavy atom. The molecule has 3 nitrogen and oxygen atoms in total. The van der Waals surface area contributed by atoms with E-state index in [9.17, 15) is 0 Å². The van der Waals surface area contributed by atoms with E-state index in [4.69, 9.17) is 16.7 Å². The molecule has 0 aliphatic heterocycles. The van der Waals surface area contributed by atoms with Gasteiger partial charge in [0.25, 0.3) is 0 Å². The van der Waals surface area contributed by atoms with Gasteiger partial charge in [-0.2, -0.15) is 5.10 Å². The Labute approximate surface area is 99.3 Å². The Hall–Kier alpha value is -1.32. The first-order valence-corrected chi connectivity index (χ1v) is 5.42. The van der Waals surface area contributed by atoms with Crippen LogP contribution in [0.1, 0.15) is 16.8 Å². The van der Waals surface area contributed by atoms with Crippen molar-refractivity contribution in [2.75, 3.05) is 0 Å². The van der Waals surface area contributed by atoms with Crippen molar-refractivity contribution in [1.29, 1.82) is 0 Å². The lowest BCUT2D eigenvalue weighted by molar-refractivity contribution is 0.281. The van der Waals surface area contributed by atoms with Gasteiger partial charge in [0.05, 0.1) is 18.0 Å². The summed E-state index contributed by atoms with van der Waals surface area (Å²) in [5.74, 6) is 0. The lowest BCUT2D eigenvalue weighted by Crippen LogP contribution is -1.97. The van der Waals surface area contributed by atoms with Gasteiger partial charge in [-0.25, -0.2) is 4.68 Å². The maximum Gasteiger partial charge on any atom is 0.0715 e. The number of aryl methyl sites for hydroxylation is 2. The highest BCUT2D eigenvalue weighted by Crippen LogP contribution is 2.19. The molecule has 2 aromatic rings. The minimum Gasteiger partial charge on any atom is -0.392 e. The van der Waals surface area contributed by atoms with E-state index < -0.39 is 0 Å². The third-order valence-electron chi connectivity index (χ3n) is 2.58. The number of aromatic nitrogens is 2. The van der Waals surface area contributed by atoms with Crippen LogP contribution in [-0.4, -0.2) is 14.9 Å². The lowest BCUT2D eigenvalue weighted by atomic mass is 10.2. The summed E-state index contributed by atoms with van der Waals surface area (Å²) in [5, 5.41) is 14.2. The maximum atomic E-state index is 9.12. The fraction of sp³-hybridized carbons (Fsp3) is 0.250. The average Bonchev–Trinajstić information content (AvgIpc) is 2.59. The molecule has 1 aromatic heterocycles. The number of benzene rings is 1. The van der Waals surface area contributed by atoms with Crippen LogP contribution in [0.25, 0.3) is 5.69 Å². The van der Waals surface area contributed by atoms with Gasteiger partial charge in [0.1, 0.15) is 0 Å². The summed E-state index contributed by atoms with van der Waals surface area (Å²) >= 11 is 5.90. The van der Waals surface area contributed by atoms with Crippen LogP contribution >= 0.6 is 11.6 Å². The van der Waals surface area contributed by atoms with Crippen LogP contribution in [0.5, 0.6) is 0 Å². The number of nitrogens with zero attached hydrogens (tertiary/aromatic N) is 2. The van der Waals surface area contributed by atoms with E-state index in [0.29, 0.717) is 5.02 Å². The zero-order chi connectivity index (χ0) is 11.7. The first-order valence-electron chi connectivity index (χ1n) is 5.04. The van der Waals surface area contributed by atoms with Gasteiger partial charge >= 0.3 is 0 Å². The standard InChI is InChI=1S/C12H13ClN2O/c1-8-5-11(13)3-4-12(8)15-6-10(7-16)9(2)14-15/h3-6,16H,7H2,1-2H3. The summed E-state index contributed by atoms with van der Waals surface area (Å²) in [7, 11) is 0. The molecule has 0 spiro atoms. The number of aliphatic hydroxyl groups is 1. The predicted molar refractivity (Wildman–Crippen MR) is 64.0 cm³/mol. The SMILES string of the molecule is Cc1cc(Cl)ccc1-n1cc(CO)c(C)n1. The van der Waals surface area contributed by atoms with Gasteiger partial charge in [-0.3, -0.25) is 0 Å². The first-order chi connectivity index (χ1) is 7.61. The molecular weight excluding hydrogens is 224 g/mol. The van der Waals surface area contributed by atoms with Crippen molar-refractivity contribution in [1.82, 2.24) is 9.78 Å². The van der Waals surface area contributed by atoms with Crippen LogP contribution in [-0.2, 0) is 6.61 Å². The molecule has 0 bridgehead atoms. The van der Waals surface area contributed by atoms with E-state index in [1.165, 1.54) is 0 Å². The Morgan fingerprint density at radius 2 is 2.12 bits per heavy atom. The number of halogens is 1. The number of hydrogen-bond acceptors (Lipinski definition) is 2. The molecular formula is C12H13ClN2O. The molecule has 4 heteroatoms. The first kappa shape index (κ1) is 11.2. The van der Waals surface area contributed by atoms with Crippen molar-refractivity contribution in [3.05, 3.63) is 46.2 Å². The molecule has 0 aliphatic carbocycles. The van der Waals surface area contributed by atoms with Gasteiger partial charge in [-0.15, -0.1) is 0 Å². The highest BCUT2D eigenvalue weighted by Gasteiger charge is 2.07. The molecule has 1 N–H and O–H groups in total. The summed E-state index contributed by atoms with van der Waals surface area (Å²) < 4.78 is 1.77. The number of hydrogen-bond donors (Lipinski definition) is 1. The van der Waals surface area contributed by atoms with Crippen LogP contribution in [0.15, 0.2) is 24.4 Å². The second-order valence-electron chi connectivity index (χ2n) is 3.77. The third kappa shape index (κ3) is 1.96. The quantitative estimate of drug-likeness (QED) is 0.871. The van der Waals surface area contributed by atoms with Crippen LogP contribution < -0.4 is 0 Å². The summed E-state index contributed by atoms with van der Waals surface area (Å²) in [5.41, 5.74) is 3.72. The average molecular weight is 237 g/mol. The maximum absolute atomic E-state index is 9.12. The summed E-state index contributed by atoms with van der Waals surface area (Å²) in [4.78, 5) is 0. The van der Waals surface area contributed by atoms with Gasteiger partial charge in [0, 0.05) is 16.8 Å². The largest absolute Gasteiger partial charge is 0.392 e. The van der Waals surface area contributed by atoms with Crippen molar-refractivity contribution in [2.45, 2.75) is 20.5 Å². The molecule has 16 heavy (non-hydrogen) atoms. The van der Waals surface area contributed by atoms with E-state index in [1.807, 2.05) is 38.2 Å². The predicted octanol–water partition coefficient (Wildman–Crippen LogP) is 2.63. The van der Waals surface area contributed by atoms with Gasteiger partial charge < -0.3 is 5.11 Å². The molecule has 1 heterocycles. The van der Waals surface area contributed by atoms with Crippen molar-refractivity contribution < 1.29 is 5.11 Å². The molecule has 0 unspecified atom stereocenters. The Morgan fingerprint density at radius 3 is 2.69 bits per heavy atom. The van der Waals surface area contributed by atoms with Crippen LogP contribution in [0, 0.1) is 13.8 Å². The van der Waals surface area contributed by atoms with E-state index >= 15 is 0 Å². The number of aliphatic hydroxyl groups excluding tert-OH is 1. The van der Waals surface area contributed by atoms with E-state index in [1.54, 1.807) is 4.68 Å². The van der Waals surface area contributed by atoms with Gasteiger partial charge in [-0.05, 0) is 37.6 Å². The molecule has 0 saturated heterocycles. The van der Waals surface area contributed by atoms with Crippen molar-refractivity contribution in [3.8, 4) is 5.69 Å². The summed E-state index contributed by atoms with van der Waals surface area (Å²) in [6.45, 7) is 3.88. The van der Waals surface area contributed by atoms with Gasteiger partial charge in [0.15, 0.2) is 0 Å². The summed E-state index contributed by atoms with van der Waals surface area (Å²) in [6.07, 6.45) is 1.84. The monoisotopic (exact) mass is 236 g/mol. The zero-order valence-electron chi connectivity index (χ0n) is 9.24. The molecule has 0 fully saturated rings. The van der Waals surface area contributed by atoms with Crippen molar-refractivity contribution in [3.63, 3.8) is 0 Å². The molecule has 0 radical (unpaired) electrons. The zero-order valence-corrected chi connectivity index (χ0v) is 9.99. The molecule has 2 rings (SSSR count). The van der Waals surface area contributed by atoms with Gasteiger partial charge in [-0.1, -0.05) is 11.6 Å². The van der Waals surface area contributed by atoms with Crippen LogP contribution in [0.3, 0.4) is 0 Å². The minimum absolute atomic E-state index is 0.0124. The fourth-order valence-electron chi connectivity index (χ4n) is 1.65. The molecule has 0 saturated carbocycles. The van der Waals surface area contributed by atoms with E-state index in [0.717, 1.165) is 22.5 Å². The van der Waals surface area contributed by atoms with E-state index in [-0.39, 0.29) is 6.61 Å². The van der Waals surface area contributed by atoms with Crippen LogP contribution in [0.4, 0.5) is 0 Å². The smallest absolute Gasteiger partial charge is 0.0715 e. The third-order valence-corrected chi connectivity index (χ3v) is 2.81. The molecule has 0 aliphatic rings. The Bertz CT molecular complexity index is 520. The van der Waals surface area contributed by atoms with Crippen molar-refractivity contribution >= 4 is 11.6 Å². The fourth-order valence-corrected chi connectivity index (χ4v) is 1.88. The number of rotatable bonds is 2. The molecule has 0 atom stereocenters. The lowest BCUT2D eigenvalue weighted by Gasteiger charge is -2.05. The Balaban J connectivity index is 2.50. The molecule has 0 amide bonds. The van der Waals surface area contributed by atoms with E-state index in [2.05, 4.69) is 5.10 Å². The highest BCUT2D eigenvalue weighted by atomic mass is 35.5. The topological polar surface area (TPSA) is 38.0 Å². The summed E-state index contributed by atoms with van der Waals surface area (Å²) in [6, 6.07) is 5.65. The Kier molecular flexibility index (Phi) is 2.99. The minimum atomic E-state index is 0.0124. The van der Waals surface area contributed by atoms with Crippen LogP contribution in [0.2, 0.25) is 5.02 Å². The second kappa shape index (κ2) is 4.28.